The van der Waals surface area contributed by atoms with E-state index in [0.29, 0.717) is 48.6 Å². The van der Waals surface area contributed by atoms with Gasteiger partial charge in [0.2, 0.25) is 0 Å². The smallest absolute Gasteiger partial charge is 0.338 e. The molecular weight excluding hydrogens is 566 g/mol. The molecule has 0 radical (unpaired) electrons. The number of ether oxygens (including phenoxy) is 1. The number of rotatable bonds is 7. The first kappa shape index (κ1) is 28.3. The van der Waals surface area contributed by atoms with Crippen LogP contribution in [-0.4, -0.2) is 22.1 Å². The summed E-state index contributed by atoms with van der Waals surface area (Å²) in [6.45, 7) is 7.85. The van der Waals surface area contributed by atoms with E-state index in [1.54, 1.807) is 32.1 Å². The lowest BCUT2D eigenvalue weighted by molar-refractivity contribution is -0.384. The van der Waals surface area contributed by atoms with Crippen molar-refractivity contribution in [1.29, 1.82) is 0 Å². The van der Waals surface area contributed by atoms with Gasteiger partial charge < -0.3 is 9.15 Å². The second-order valence-corrected chi connectivity index (χ2v) is 11.2. The van der Waals surface area contributed by atoms with Crippen LogP contribution in [0.4, 0.5) is 5.69 Å². The van der Waals surface area contributed by atoms with Crippen LogP contribution < -0.4 is 14.9 Å². The molecule has 1 aliphatic heterocycles. The standard InChI is InChI=1S/C30H26ClN3O6S/c1-5-39-29(36)26-17(4)32-30-33(27(26)19-8-6-18(7-9-19)16(2)3)28(35)25(41-30)15-21-11-13-24(40-21)22-14-20(34(37)38)10-12-23(22)31/h6-16,27H,5H2,1-4H3. The molecule has 210 valence electrons. The molecule has 11 heteroatoms. The number of nitro groups is 1. The Bertz CT molecular complexity index is 1880. The SMILES string of the molecule is CCOC(=O)C1=C(C)N=c2sc(=Cc3ccc(-c4cc([N+](=O)[O-])ccc4Cl)o3)c(=O)n2C1c1ccc(C(C)C)cc1. The third-order valence-electron chi connectivity index (χ3n) is 6.76. The number of hydrogen-bond acceptors (Lipinski definition) is 8. The molecule has 4 aromatic rings. The number of nitro benzene ring substituents is 1. The van der Waals surface area contributed by atoms with Crippen molar-refractivity contribution in [3.8, 4) is 11.3 Å². The molecule has 0 amide bonds. The first-order valence-electron chi connectivity index (χ1n) is 12.9. The number of hydrogen-bond donors (Lipinski definition) is 0. The molecule has 41 heavy (non-hydrogen) atoms. The summed E-state index contributed by atoms with van der Waals surface area (Å²) in [5.74, 6) is 0.474. The highest BCUT2D eigenvalue weighted by Gasteiger charge is 2.33. The molecule has 0 fully saturated rings. The van der Waals surface area contributed by atoms with Crippen molar-refractivity contribution in [2.75, 3.05) is 6.61 Å². The summed E-state index contributed by atoms with van der Waals surface area (Å²) in [6.07, 6.45) is 1.58. The van der Waals surface area contributed by atoms with Gasteiger partial charge in [-0.3, -0.25) is 19.5 Å². The first-order valence-corrected chi connectivity index (χ1v) is 14.1. The number of benzene rings is 2. The van der Waals surface area contributed by atoms with Crippen molar-refractivity contribution in [2.45, 2.75) is 39.7 Å². The number of thiazole rings is 1. The molecule has 0 bridgehead atoms. The number of carbonyl (C=O) groups excluding carboxylic acids is 1. The number of fused-ring (bicyclic) bond motifs is 1. The Morgan fingerprint density at radius 2 is 1.95 bits per heavy atom. The number of furan rings is 1. The van der Waals surface area contributed by atoms with Gasteiger partial charge in [-0.25, -0.2) is 9.79 Å². The minimum atomic E-state index is -0.718. The van der Waals surface area contributed by atoms with Crippen molar-refractivity contribution < 1.29 is 18.9 Å². The zero-order valence-electron chi connectivity index (χ0n) is 22.7. The van der Waals surface area contributed by atoms with Gasteiger partial charge in [0.05, 0.1) is 38.4 Å². The fourth-order valence-corrected chi connectivity index (χ4v) is 5.93. The third kappa shape index (κ3) is 5.40. The van der Waals surface area contributed by atoms with Gasteiger partial charge in [-0.15, -0.1) is 0 Å². The van der Waals surface area contributed by atoms with Crippen molar-refractivity contribution in [1.82, 2.24) is 4.57 Å². The van der Waals surface area contributed by atoms with Crippen molar-refractivity contribution >= 4 is 40.7 Å². The molecule has 2 aromatic carbocycles. The fraction of sp³-hybridized carbons (Fsp3) is 0.233. The Labute approximate surface area is 243 Å². The van der Waals surface area contributed by atoms with Gasteiger partial charge in [-0.1, -0.05) is 61.1 Å². The number of nitrogens with zero attached hydrogens (tertiary/aromatic N) is 3. The van der Waals surface area contributed by atoms with Gasteiger partial charge in [0.15, 0.2) is 4.80 Å². The normalized spacial score (nSPS) is 15.2. The largest absolute Gasteiger partial charge is 0.463 e. The Morgan fingerprint density at radius 3 is 2.61 bits per heavy atom. The molecule has 0 N–H and O–H groups in total. The number of carbonyl (C=O) groups is 1. The zero-order chi connectivity index (χ0) is 29.4. The van der Waals surface area contributed by atoms with E-state index in [4.69, 9.17) is 20.8 Å². The summed E-state index contributed by atoms with van der Waals surface area (Å²) in [6, 6.07) is 14.5. The van der Waals surface area contributed by atoms with E-state index in [-0.39, 0.29) is 17.9 Å². The van der Waals surface area contributed by atoms with Gasteiger partial charge in [0, 0.05) is 23.8 Å². The van der Waals surface area contributed by atoms with Gasteiger partial charge in [-0.05, 0) is 49.1 Å². The molecule has 0 aliphatic carbocycles. The van der Waals surface area contributed by atoms with E-state index in [2.05, 4.69) is 18.8 Å². The summed E-state index contributed by atoms with van der Waals surface area (Å²) in [7, 11) is 0. The second kappa shape index (κ2) is 11.3. The van der Waals surface area contributed by atoms with Crippen LogP contribution in [-0.2, 0) is 9.53 Å². The van der Waals surface area contributed by atoms with Gasteiger partial charge >= 0.3 is 5.97 Å². The maximum atomic E-state index is 13.8. The third-order valence-corrected chi connectivity index (χ3v) is 8.07. The highest BCUT2D eigenvalue weighted by atomic mass is 35.5. The van der Waals surface area contributed by atoms with Crippen LogP contribution in [0.15, 0.2) is 80.1 Å². The van der Waals surface area contributed by atoms with Crippen LogP contribution in [0.5, 0.6) is 0 Å². The Morgan fingerprint density at radius 1 is 1.22 bits per heavy atom. The molecule has 1 unspecified atom stereocenters. The maximum Gasteiger partial charge on any atom is 0.338 e. The molecule has 0 saturated carbocycles. The van der Waals surface area contributed by atoms with Gasteiger partial charge in [0.25, 0.3) is 11.2 Å². The van der Waals surface area contributed by atoms with E-state index in [9.17, 15) is 19.7 Å². The molecule has 3 heterocycles. The number of esters is 1. The minimum Gasteiger partial charge on any atom is -0.463 e. The van der Waals surface area contributed by atoms with Crippen LogP contribution in [0, 0.1) is 10.1 Å². The molecule has 1 aliphatic rings. The number of non-ortho nitro benzene ring substituents is 1. The fourth-order valence-electron chi connectivity index (χ4n) is 4.69. The molecule has 5 rings (SSSR count). The van der Waals surface area contributed by atoms with E-state index < -0.39 is 16.9 Å². The number of halogens is 1. The maximum absolute atomic E-state index is 13.8. The Hall–Kier alpha value is -4.28. The average Bonchev–Trinajstić information content (AvgIpc) is 3.52. The predicted octanol–water partition coefficient (Wildman–Crippen LogP) is 5.74. The summed E-state index contributed by atoms with van der Waals surface area (Å²) in [5.41, 5.74) is 2.59. The Kier molecular flexibility index (Phi) is 7.79. The highest BCUT2D eigenvalue weighted by molar-refractivity contribution is 7.07. The van der Waals surface area contributed by atoms with Crippen molar-refractivity contribution in [2.24, 2.45) is 4.99 Å². The lowest BCUT2D eigenvalue weighted by Gasteiger charge is -2.25. The van der Waals surface area contributed by atoms with Crippen molar-refractivity contribution in [3.63, 3.8) is 0 Å². The zero-order valence-corrected chi connectivity index (χ0v) is 24.3. The summed E-state index contributed by atoms with van der Waals surface area (Å²) < 4.78 is 13.1. The molecule has 1 atom stereocenters. The lowest BCUT2D eigenvalue weighted by atomic mass is 9.93. The summed E-state index contributed by atoms with van der Waals surface area (Å²) in [5, 5.41) is 11.5. The first-order chi connectivity index (χ1) is 19.6. The number of aromatic nitrogens is 1. The lowest BCUT2D eigenvalue weighted by Crippen LogP contribution is -2.39. The number of allylic oxidation sites excluding steroid dienone is 1. The van der Waals surface area contributed by atoms with Crippen LogP contribution in [0.1, 0.15) is 56.5 Å². The van der Waals surface area contributed by atoms with Gasteiger partial charge in [-0.2, -0.15) is 0 Å². The molecule has 0 saturated heterocycles. The average molecular weight is 592 g/mol. The molecule has 0 spiro atoms. The quantitative estimate of drug-likeness (QED) is 0.154. The minimum absolute atomic E-state index is 0.120. The van der Waals surface area contributed by atoms with Gasteiger partial charge in [0.1, 0.15) is 11.5 Å². The van der Waals surface area contributed by atoms with Crippen LogP contribution in [0.2, 0.25) is 5.02 Å². The van der Waals surface area contributed by atoms with Crippen LogP contribution in [0.25, 0.3) is 17.4 Å². The van der Waals surface area contributed by atoms with E-state index in [1.165, 1.54) is 34.1 Å². The van der Waals surface area contributed by atoms with E-state index in [1.807, 2.05) is 24.3 Å². The van der Waals surface area contributed by atoms with Crippen LogP contribution in [0.3, 0.4) is 0 Å². The summed E-state index contributed by atoms with van der Waals surface area (Å²) >= 11 is 7.45. The highest BCUT2D eigenvalue weighted by Crippen LogP contribution is 2.33. The molecule has 2 aromatic heterocycles. The Balaban J connectivity index is 1.62. The van der Waals surface area contributed by atoms with Crippen molar-refractivity contribution in [3.05, 3.63) is 118 Å². The topological polar surface area (TPSA) is 117 Å². The monoisotopic (exact) mass is 591 g/mol. The molecular formula is C30H26ClN3O6S. The van der Waals surface area contributed by atoms with Crippen LogP contribution >= 0.6 is 22.9 Å². The molecule has 9 nitrogen and oxygen atoms in total. The summed E-state index contributed by atoms with van der Waals surface area (Å²) in [4.78, 5) is 42.7. The van der Waals surface area contributed by atoms with E-state index in [0.717, 1.165) is 11.1 Å². The second-order valence-electron chi connectivity index (χ2n) is 9.75. The predicted molar refractivity (Wildman–Crippen MR) is 157 cm³/mol. The van der Waals surface area contributed by atoms with E-state index >= 15 is 0 Å².